The number of aromatic nitrogens is 2. The molecule has 0 bridgehead atoms. The second-order valence-corrected chi connectivity index (χ2v) is 8.42. The summed E-state index contributed by atoms with van der Waals surface area (Å²) in [5, 5.41) is 3.92. The number of nitrogens with one attached hydrogen (secondary N) is 2. The first-order valence-electron chi connectivity index (χ1n) is 8.44. The number of halogens is 1. The Kier molecular flexibility index (Phi) is 3.93. The Morgan fingerprint density at radius 2 is 2.04 bits per heavy atom. The predicted octanol–water partition coefficient (Wildman–Crippen LogP) is 4.58. The normalized spacial score (nSPS) is 21.0. The Balaban J connectivity index is 2.02. The highest BCUT2D eigenvalue weighted by Gasteiger charge is 2.42. The van der Waals surface area contributed by atoms with Gasteiger partial charge in [-0.1, -0.05) is 43.6 Å². The van der Waals surface area contributed by atoms with Crippen molar-refractivity contribution in [1.29, 1.82) is 0 Å². The quantitative estimate of drug-likeness (QED) is 0.625. The number of nitrogen functional groups attached to an aromatic ring is 1. The molecule has 2 aliphatic rings. The highest BCUT2D eigenvalue weighted by molar-refractivity contribution is 7.71. The van der Waals surface area contributed by atoms with Crippen molar-refractivity contribution < 1.29 is 4.79 Å². The number of allylic oxidation sites excluding steroid dienone is 2. The molecule has 0 saturated carbocycles. The van der Waals surface area contributed by atoms with E-state index in [1.54, 1.807) is 0 Å². The van der Waals surface area contributed by atoms with Crippen LogP contribution < -0.4 is 11.1 Å². The maximum atomic E-state index is 13.1. The zero-order chi connectivity index (χ0) is 18.6. The van der Waals surface area contributed by atoms with E-state index in [0.717, 1.165) is 28.8 Å². The molecule has 0 saturated heterocycles. The number of fused-ring (bicyclic) bond motifs is 1. The summed E-state index contributed by atoms with van der Waals surface area (Å²) in [5.41, 5.74) is 9.32. The first-order valence-corrected chi connectivity index (χ1v) is 9.23. The number of carbonyl (C=O) groups is 1. The molecule has 0 spiro atoms. The van der Waals surface area contributed by atoms with Gasteiger partial charge in [0, 0.05) is 34.2 Å². The number of Topliss-reactive ketones (excluding diaryl/α,β-unsaturated/α-hetero) is 1. The summed E-state index contributed by atoms with van der Waals surface area (Å²) in [7, 11) is 0. The maximum Gasteiger partial charge on any atom is 0.200 e. The van der Waals surface area contributed by atoms with Gasteiger partial charge in [0.25, 0.3) is 0 Å². The van der Waals surface area contributed by atoms with Gasteiger partial charge >= 0.3 is 0 Å². The topological polar surface area (TPSA) is 83.8 Å². The van der Waals surface area contributed by atoms with E-state index in [0.29, 0.717) is 27.9 Å². The van der Waals surface area contributed by atoms with Crippen molar-refractivity contribution in [1.82, 2.24) is 9.97 Å². The molecule has 2 aromatic rings. The fourth-order valence-electron chi connectivity index (χ4n) is 3.98. The molecule has 4 N–H and O–H groups in total. The van der Waals surface area contributed by atoms with Gasteiger partial charge in [0.1, 0.15) is 11.6 Å². The number of ketones is 1. The lowest BCUT2D eigenvalue weighted by atomic mass is 9.69. The fourth-order valence-corrected chi connectivity index (χ4v) is 4.42. The number of hydrogen-bond acceptors (Lipinski definition) is 5. The van der Waals surface area contributed by atoms with Crippen LogP contribution in [0.1, 0.15) is 43.7 Å². The van der Waals surface area contributed by atoms with Crippen LogP contribution in [0.25, 0.3) is 0 Å². The van der Waals surface area contributed by atoms with Gasteiger partial charge < -0.3 is 16.0 Å². The van der Waals surface area contributed by atoms with E-state index in [1.165, 1.54) is 0 Å². The number of nitrogens with two attached hydrogens (primary N) is 1. The molecular weight excluding hydrogens is 368 g/mol. The van der Waals surface area contributed by atoms with Gasteiger partial charge in [-0.2, -0.15) is 0 Å². The predicted molar refractivity (Wildman–Crippen MR) is 106 cm³/mol. The number of benzene rings is 1. The van der Waals surface area contributed by atoms with Crippen LogP contribution in [-0.2, 0) is 4.79 Å². The van der Waals surface area contributed by atoms with E-state index in [1.807, 2.05) is 24.3 Å². The molecule has 4 rings (SSSR count). The third kappa shape index (κ3) is 2.73. The first kappa shape index (κ1) is 17.2. The van der Waals surface area contributed by atoms with Gasteiger partial charge in [0.05, 0.1) is 0 Å². The van der Waals surface area contributed by atoms with E-state index in [-0.39, 0.29) is 17.1 Å². The molecule has 1 atom stereocenters. The minimum atomic E-state index is -0.363. The van der Waals surface area contributed by atoms with Crippen molar-refractivity contribution in [3.05, 3.63) is 56.5 Å². The summed E-state index contributed by atoms with van der Waals surface area (Å²) < 4.78 is 0.303. The highest BCUT2D eigenvalue weighted by atomic mass is 35.5. The SMILES string of the molecule is CC1(C)CC(=O)C2=C(C1)Nc1nc(=S)[nH]c(N)c1C2c1ccccc1Cl. The standard InChI is InChI=1S/C19H19ClN4OS/c1-19(2)7-11-14(12(25)8-19)13(9-5-3-4-6-10(9)20)15-16(21)23-18(26)24-17(15)22-11/h3-6,13H,7-8H2,1-2H3,(H4,21,22,23,24,26). The Morgan fingerprint density at radius 3 is 2.77 bits per heavy atom. The number of hydrogen-bond donors (Lipinski definition) is 3. The summed E-state index contributed by atoms with van der Waals surface area (Å²) in [5.74, 6) is 0.751. The van der Waals surface area contributed by atoms with Crippen LogP contribution in [0, 0.1) is 10.2 Å². The van der Waals surface area contributed by atoms with E-state index in [2.05, 4.69) is 29.1 Å². The zero-order valence-electron chi connectivity index (χ0n) is 14.5. The van der Waals surface area contributed by atoms with Crippen LogP contribution in [0.3, 0.4) is 0 Å². The second kappa shape index (κ2) is 5.93. The van der Waals surface area contributed by atoms with Crippen molar-refractivity contribution >= 4 is 41.2 Å². The molecule has 0 radical (unpaired) electrons. The summed E-state index contributed by atoms with van der Waals surface area (Å²) in [4.78, 5) is 20.4. The molecule has 0 amide bonds. The van der Waals surface area contributed by atoms with Gasteiger partial charge in [-0.05, 0) is 35.7 Å². The van der Waals surface area contributed by atoms with Crippen molar-refractivity contribution in [2.75, 3.05) is 11.1 Å². The molecule has 26 heavy (non-hydrogen) atoms. The van der Waals surface area contributed by atoms with Gasteiger partial charge in [0.2, 0.25) is 0 Å². The molecule has 2 heterocycles. The fraction of sp³-hybridized carbons (Fsp3) is 0.316. The highest BCUT2D eigenvalue weighted by Crippen LogP contribution is 2.50. The van der Waals surface area contributed by atoms with Crippen LogP contribution in [-0.4, -0.2) is 15.8 Å². The monoisotopic (exact) mass is 386 g/mol. The molecule has 1 unspecified atom stereocenters. The van der Waals surface area contributed by atoms with Gasteiger partial charge in [-0.3, -0.25) is 4.79 Å². The third-order valence-corrected chi connectivity index (χ3v) is 5.52. The molecule has 1 aromatic carbocycles. The Labute approximate surface area is 161 Å². The lowest BCUT2D eigenvalue weighted by molar-refractivity contribution is -0.118. The van der Waals surface area contributed by atoms with Gasteiger partial charge in [-0.15, -0.1) is 0 Å². The number of rotatable bonds is 1. The molecular formula is C19H19ClN4OS. The van der Waals surface area contributed by atoms with Crippen molar-refractivity contribution in [3.63, 3.8) is 0 Å². The minimum Gasteiger partial charge on any atom is -0.385 e. The summed E-state index contributed by atoms with van der Waals surface area (Å²) in [6, 6.07) is 7.54. The van der Waals surface area contributed by atoms with Crippen LogP contribution in [0.2, 0.25) is 5.02 Å². The Hall–Kier alpha value is -2.18. The molecule has 1 aromatic heterocycles. The minimum absolute atomic E-state index is 0.112. The summed E-state index contributed by atoms with van der Waals surface area (Å²) in [6.07, 6.45) is 1.24. The molecule has 1 aliphatic heterocycles. The second-order valence-electron chi connectivity index (χ2n) is 7.63. The van der Waals surface area contributed by atoms with E-state index in [9.17, 15) is 4.79 Å². The number of nitrogens with zero attached hydrogens (tertiary/aromatic N) is 1. The smallest absolute Gasteiger partial charge is 0.200 e. The van der Waals surface area contributed by atoms with Crippen LogP contribution in [0.15, 0.2) is 35.5 Å². The summed E-state index contributed by atoms with van der Waals surface area (Å²) in [6.45, 7) is 4.19. The van der Waals surface area contributed by atoms with Crippen molar-refractivity contribution in [2.24, 2.45) is 5.41 Å². The lowest BCUT2D eigenvalue weighted by Crippen LogP contribution is -2.34. The summed E-state index contributed by atoms with van der Waals surface area (Å²) >= 11 is 11.7. The average molecular weight is 387 g/mol. The van der Waals surface area contributed by atoms with E-state index in [4.69, 9.17) is 29.6 Å². The number of H-pyrrole nitrogens is 1. The molecule has 0 fully saturated rings. The van der Waals surface area contributed by atoms with Gasteiger partial charge in [-0.25, -0.2) is 4.98 Å². The Morgan fingerprint density at radius 1 is 1.31 bits per heavy atom. The van der Waals surface area contributed by atoms with Gasteiger partial charge in [0.15, 0.2) is 10.6 Å². The molecule has 7 heteroatoms. The van der Waals surface area contributed by atoms with Crippen molar-refractivity contribution in [2.45, 2.75) is 32.6 Å². The number of carbonyl (C=O) groups excluding carboxylic acids is 1. The van der Waals surface area contributed by atoms with Crippen LogP contribution in [0.4, 0.5) is 11.6 Å². The van der Waals surface area contributed by atoms with Crippen molar-refractivity contribution in [3.8, 4) is 0 Å². The van der Waals surface area contributed by atoms with Crippen LogP contribution >= 0.6 is 23.8 Å². The number of anilines is 2. The molecule has 134 valence electrons. The Bertz CT molecular complexity index is 1020. The molecule has 1 aliphatic carbocycles. The van der Waals surface area contributed by atoms with E-state index >= 15 is 0 Å². The average Bonchev–Trinajstić information content (AvgIpc) is 2.52. The zero-order valence-corrected chi connectivity index (χ0v) is 16.1. The lowest BCUT2D eigenvalue weighted by Gasteiger charge is -2.39. The third-order valence-electron chi connectivity index (χ3n) is 4.98. The van der Waals surface area contributed by atoms with E-state index < -0.39 is 0 Å². The maximum absolute atomic E-state index is 13.1. The molecule has 5 nitrogen and oxygen atoms in total. The largest absolute Gasteiger partial charge is 0.385 e. The number of aromatic amines is 1. The first-order chi connectivity index (χ1) is 12.3. The van der Waals surface area contributed by atoms with Crippen LogP contribution in [0.5, 0.6) is 0 Å².